The number of rotatable bonds is 9. The van der Waals surface area contributed by atoms with Gasteiger partial charge in [0.15, 0.2) is 0 Å². The maximum atomic E-state index is 13.4. The highest BCUT2D eigenvalue weighted by Crippen LogP contribution is 2.36. The van der Waals surface area contributed by atoms with Gasteiger partial charge in [-0.2, -0.15) is 0 Å². The molecule has 4 rings (SSSR count). The lowest BCUT2D eigenvalue weighted by molar-refractivity contribution is 0.207. The Bertz CT molecular complexity index is 951. The lowest BCUT2D eigenvalue weighted by Crippen LogP contribution is -2.42. The summed E-state index contributed by atoms with van der Waals surface area (Å²) in [4.78, 5) is 2.48. The first-order valence-electron chi connectivity index (χ1n) is 11.4. The van der Waals surface area contributed by atoms with E-state index < -0.39 is 0 Å². The summed E-state index contributed by atoms with van der Waals surface area (Å²) in [5.74, 6) is 0.230. The van der Waals surface area contributed by atoms with Gasteiger partial charge in [0.2, 0.25) is 0 Å². The van der Waals surface area contributed by atoms with Crippen molar-refractivity contribution >= 4 is 36.6 Å². The van der Waals surface area contributed by atoms with Crippen LogP contribution < -0.4 is 5.32 Å². The van der Waals surface area contributed by atoms with Crippen molar-refractivity contribution in [2.45, 2.75) is 30.7 Å². The molecule has 0 bridgehead atoms. The fraction of sp³-hybridized carbons (Fsp3) is 0.333. The highest BCUT2D eigenvalue weighted by atomic mass is 35.5. The molecule has 1 heterocycles. The van der Waals surface area contributed by atoms with E-state index in [1.54, 1.807) is 0 Å². The van der Waals surface area contributed by atoms with Crippen molar-refractivity contribution < 1.29 is 13.2 Å². The molecule has 1 saturated heterocycles. The molecule has 35 heavy (non-hydrogen) atoms. The molecule has 3 aromatic rings. The number of nitrogens with zero attached hydrogens (tertiary/aromatic N) is 1. The van der Waals surface area contributed by atoms with Gasteiger partial charge in [-0.1, -0.05) is 36.4 Å². The van der Waals surface area contributed by atoms with Crippen LogP contribution in [0.25, 0.3) is 0 Å². The van der Waals surface area contributed by atoms with Crippen molar-refractivity contribution in [1.82, 2.24) is 10.2 Å². The Morgan fingerprint density at radius 1 is 0.743 bits per heavy atom. The van der Waals surface area contributed by atoms with Gasteiger partial charge in [0, 0.05) is 24.9 Å². The minimum atomic E-state index is -0.252. The minimum Gasteiger partial charge on any atom is -0.310 e. The maximum Gasteiger partial charge on any atom is 0.123 e. The van der Waals surface area contributed by atoms with E-state index in [9.17, 15) is 13.2 Å². The van der Waals surface area contributed by atoms with Crippen LogP contribution >= 0.6 is 36.6 Å². The van der Waals surface area contributed by atoms with Gasteiger partial charge in [-0.25, -0.2) is 13.2 Å². The average molecular weight is 544 g/mol. The van der Waals surface area contributed by atoms with E-state index in [2.05, 4.69) is 10.2 Å². The zero-order valence-corrected chi connectivity index (χ0v) is 21.8. The van der Waals surface area contributed by atoms with Gasteiger partial charge in [-0.3, -0.25) is 0 Å². The van der Waals surface area contributed by atoms with E-state index in [1.807, 2.05) is 48.2 Å². The molecule has 0 saturated carbocycles. The summed E-state index contributed by atoms with van der Waals surface area (Å²) in [6.45, 7) is 3.82. The van der Waals surface area contributed by atoms with E-state index in [-0.39, 0.29) is 47.5 Å². The van der Waals surface area contributed by atoms with Gasteiger partial charge in [0.25, 0.3) is 0 Å². The quantitative estimate of drug-likeness (QED) is 0.312. The Balaban J connectivity index is 0.00000216. The fourth-order valence-electron chi connectivity index (χ4n) is 4.18. The number of thioether (sulfide) groups is 1. The SMILES string of the molecule is Cl.Cl.Fc1ccc(CNC2CCN(CCSC(c3ccc(F)cc3)c3ccc(F)cc3)CC2)cc1. The van der Waals surface area contributed by atoms with Crippen LogP contribution in [-0.2, 0) is 6.54 Å². The van der Waals surface area contributed by atoms with Gasteiger partial charge in [0.1, 0.15) is 17.5 Å². The molecule has 0 amide bonds. The number of benzene rings is 3. The first kappa shape index (κ1) is 29.5. The number of halogens is 5. The van der Waals surface area contributed by atoms with Crippen molar-refractivity contribution in [3.05, 3.63) is 107 Å². The van der Waals surface area contributed by atoms with Gasteiger partial charge in [-0.15, -0.1) is 36.6 Å². The van der Waals surface area contributed by atoms with Crippen molar-refractivity contribution in [2.24, 2.45) is 0 Å². The number of hydrogen-bond donors (Lipinski definition) is 1. The molecule has 190 valence electrons. The summed E-state index contributed by atoms with van der Waals surface area (Å²) in [5, 5.41) is 3.63. The second-order valence-electron chi connectivity index (χ2n) is 8.48. The maximum absolute atomic E-state index is 13.4. The molecule has 0 aliphatic carbocycles. The third kappa shape index (κ3) is 9.03. The van der Waals surface area contributed by atoms with Crippen molar-refractivity contribution in [3.63, 3.8) is 0 Å². The summed E-state index contributed by atoms with van der Waals surface area (Å²) in [6, 6.07) is 20.3. The largest absolute Gasteiger partial charge is 0.310 e. The molecular weight excluding hydrogens is 512 g/mol. The first-order chi connectivity index (χ1) is 16.1. The molecule has 0 spiro atoms. The Kier molecular flexibility index (Phi) is 12.5. The van der Waals surface area contributed by atoms with Gasteiger partial charge < -0.3 is 10.2 Å². The van der Waals surface area contributed by atoms with Crippen LogP contribution in [0.15, 0.2) is 72.8 Å². The number of piperidine rings is 1. The zero-order chi connectivity index (χ0) is 23.0. The first-order valence-corrected chi connectivity index (χ1v) is 12.4. The van der Waals surface area contributed by atoms with Crippen molar-refractivity contribution in [1.29, 1.82) is 0 Å². The lowest BCUT2D eigenvalue weighted by atomic mass is 10.0. The van der Waals surface area contributed by atoms with E-state index >= 15 is 0 Å². The number of likely N-dealkylation sites (tertiary alicyclic amines) is 1. The molecule has 1 fully saturated rings. The average Bonchev–Trinajstić information content (AvgIpc) is 2.84. The highest BCUT2D eigenvalue weighted by molar-refractivity contribution is 7.99. The summed E-state index contributed by atoms with van der Waals surface area (Å²) in [7, 11) is 0. The van der Waals surface area contributed by atoms with Gasteiger partial charge in [0.05, 0.1) is 5.25 Å². The summed E-state index contributed by atoms with van der Waals surface area (Å²) >= 11 is 1.81. The molecule has 0 aromatic heterocycles. The van der Waals surface area contributed by atoms with Crippen LogP contribution in [0.5, 0.6) is 0 Å². The third-order valence-electron chi connectivity index (χ3n) is 6.13. The molecule has 3 aromatic carbocycles. The van der Waals surface area contributed by atoms with Crippen molar-refractivity contribution in [3.8, 4) is 0 Å². The molecule has 0 atom stereocenters. The second-order valence-corrected chi connectivity index (χ2v) is 9.69. The predicted octanol–water partition coefficient (Wildman–Crippen LogP) is 7.02. The zero-order valence-electron chi connectivity index (χ0n) is 19.3. The Morgan fingerprint density at radius 3 is 1.69 bits per heavy atom. The Hall–Kier alpha value is -1.70. The molecule has 1 aliphatic rings. The summed E-state index contributed by atoms with van der Waals surface area (Å²) in [6.07, 6.45) is 2.18. The normalized spacial score (nSPS) is 14.4. The van der Waals surface area contributed by atoms with Crippen LogP contribution in [0.2, 0.25) is 0 Å². The van der Waals surface area contributed by atoms with E-state index in [0.717, 1.165) is 61.5 Å². The number of nitrogens with one attached hydrogen (secondary N) is 1. The Morgan fingerprint density at radius 2 is 1.20 bits per heavy atom. The summed E-state index contributed by atoms with van der Waals surface area (Å²) in [5.41, 5.74) is 3.15. The topological polar surface area (TPSA) is 15.3 Å². The van der Waals surface area contributed by atoms with Crippen LogP contribution in [0, 0.1) is 17.5 Å². The second kappa shape index (κ2) is 14.8. The van der Waals surface area contributed by atoms with Gasteiger partial charge in [-0.05, 0) is 79.0 Å². The van der Waals surface area contributed by atoms with Gasteiger partial charge >= 0.3 is 0 Å². The predicted molar refractivity (Wildman–Crippen MR) is 144 cm³/mol. The molecule has 8 heteroatoms. The molecule has 1 aliphatic heterocycles. The lowest BCUT2D eigenvalue weighted by Gasteiger charge is -2.32. The van der Waals surface area contributed by atoms with Crippen molar-refractivity contribution in [2.75, 3.05) is 25.4 Å². The molecular formula is C27H31Cl2F3N2S. The number of hydrogen-bond acceptors (Lipinski definition) is 3. The van der Waals surface area contributed by atoms with Crippen LogP contribution in [0.1, 0.15) is 34.8 Å². The van der Waals surface area contributed by atoms with Crippen LogP contribution in [-0.4, -0.2) is 36.3 Å². The molecule has 0 unspecified atom stereocenters. The van der Waals surface area contributed by atoms with Crippen LogP contribution in [0.3, 0.4) is 0 Å². The standard InChI is InChI=1S/C27H29F3N2S.2ClH/c28-23-7-1-20(2-8-23)19-31-26-13-15-32(16-14-26)17-18-33-27(21-3-9-24(29)10-4-21)22-5-11-25(30)12-6-22;;/h1-12,26-27,31H,13-19H2;2*1H. The van der Waals surface area contributed by atoms with E-state index in [4.69, 9.17) is 0 Å². The smallest absolute Gasteiger partial charge is 0.123 e. The minimum absolute atomic E-state index is 0. The monoisotopic (exact) mass is 542 g/mol. The Labute approximate surface area is 222 Å². The third-order valence-corrected chi connectivity index (χ3v) is 7.43. The van der Waals surface area contributed by atoms with E-state index in [1.165, 1.54) is 36.4 Å². The summed E-state index contributed by atoms with van der Waals surface area (Å²) < 4.78 is 39.9. The molecule has 2 nitrogen and oxygen atoms in total. The van der Waals surface area contributed by atoms with E-state index in [0.29, 0.717) is 6.04 Å². The fourth-order valence-corrected chi connectivity index (χ4v) is 5.48. The highest BCUT2D eigenvalue weighted by Gasteiger charge is 2.20. The molecule has 1 N–H and O–H groups in total. The molecule has 0 radical (unpaired) electrons. The van der Waals surface area contributed by atoms with Crippen LogP contribution in [0.4, 0.5) is 13.2 Å².